The van der Waals surface area contributed by atoms with E-state index >= 15 is 0 Å². The van der Waals surface area contributed by atoms with Gasteiger partial charge in [-0.05, 0) is 0 Å². The summed E-state index contributed by atoms with van der Waals surface area (Å²) < 4.78 is 25.0. The van der Waals surface area contributed by atoms with Crippen molar-refractivity contribution in [1.29, 1.82) is 0 Å². The molecule has 0 aromatic carbocycles. The molecule has 0 bridgehead atoms. The van der Waals surface area contributed by atoms with Gasteiger partial charge in [-0.15, -0.1) is 0 Å². The Labute approximate surface area is 67.2 Å². The van der Waals surface area contributed by atoms with Crippen LogP contribution in [0.4, 0.5) is 4.39 Å². The fourth-order valence-corrected chi connectivity index (χ4v) is 0.471. The molecule has 6 nitrogen and oxygen atoms in total. The molecule has 1 unspecified atom stereocenters. The van der Waals surface area contributed by atoms with Crippen LogP contribution in [0, 0.1) is 0 Å². The van der Waals surface area contributed by atoms with Crippen molar-refractivity contribution < 1.29 is 33.2 Å². The molecule has 0 radical (unpaired) electrons. The minimum absolute atomic E-state index is 0.235. The summed E-state index contributed by atoms with van der Waals surface area (Å²) in [6.45, 7) is 0.250. The predicted octanol–water partition coefficient (Wildman–Crippen LogP) is -0.657. The quantitative estimate of drug-likeness (QED) is 0.356. The molecule has 3 N–H and O–H groups in total. The zero-order chi connectivity index (χ0) is 9.78. The molecular weight excluding hydrogens is 194 g/mol. The lowest BCUT2D eigenvalue weighted by Gasteiger charge is -1.85. The molecule has 8 heteroatoms. The molecule has 1 aliphatic heterocycles. The van der Waals surface area contributed by atoms with Crippen molar-refractivity contribution in [1.82, 2.24) is 0 Å². The third-order valence-electron chi connectivity index (χ3n) is 0.871. The number of halogens is 1. The highest BCUT2D eigenvalue weighted by molar-refractivity contribution is 7.45. The number of ether oxygens (including phenoxy) is 1. The van der Waals surface area contributed by atoms with Gasteiger partial charge in [0.1, 0.15) is 0 Å². The van der Waals surface area contributed by atoms with Crippen LogP contribution in [0.1, 0.15) is 6.42 Å². The second kappa shape index (κ2) is 4.51. The molecule has 1 rings (SSSR count). The van der Waals surface area contributed by atoms with Crippen LogP contribution in [0.15, 0.2) is 0 Å². The monoisotopic (exact) mass is 202 g/mol. The molecule has 0 spiro atoms. The van der Waals surface area contributed by atoms with Crippen LogP contribution in [0.5, 0.6) is 0 Å². The number of hydrogen-bond acceptors (Lipinski definition) is 3. The van der Waals surface area contributed by atoms with Gasteiger partial charge in [0.25, 0.3) is 0 Å². The zero-order valence-corrected chi connectivity index (χ0v) is 6.78. The van der Waals surface area contributed by atoms with Gasteiger partial charge >= 0.3 is 13.8 Å². The minimum Gasteiger partial charge on any atom is -0.463 e. The van der Waals surface area contributed by atoms with Gasteiger partial charge in [0.15, 0.2) is 0 Å². The topological polar surface area (TPSA) is 104 Å². The van der Waals surface area contributed by atoms with Crippen molar-refractivity contribution in [2.75, 3.05) is 6.61 Å². The van der Waals surface area contributed by atoms with Crippen molar-refractivity contribution in [3.63, 3.8) is 0 Å². The SMILES string of the molecule is O=C1OCCC1F.O=P(O)(O)O. The maximum Gasteiger partial charge on any atom is 0.466 e. The molecule has 12 heavy (non-hydrogen) atoms. The first-order valence-corrected chi connectivity index (χ1v) is 4.46. The Bertz CT molecular complexity index is 191. The third-order valence-corrected chi connectivity index (χ3v) is 0.871. The first kappa shape index (κ1) is 11.5. The minimum atomic E-state index is -4.64. The van der Waals surface area contributed by atoms with Crippen molar-refractivity contribution >= 4 is 13.8 Å². The Morgan fingerprint density at radius 1 is 1.50 bits per heavy atom. The molecule has 1 aliphatic rings. The molecule has 1 fully saturated rings. The van der Waals surface area contributed by atoms with Crippen LogP contribution in [0.25, 0.3) is 0 Å². The van der Waals surface area contributed by atoms with Gasteiger partial charge in [0.2, 0.25) is 6.17 Å². The van der Waals surface area contributed by atoms with Crippen LogP contribution in [0.2, 0.25) is 0 Å². The summed E-state index contributed by atoms with van der Waals surface area (Å²) >= 11 is 0. The van der Waals surface area contributed by atoms with Gasteiger partial charge < -0.3 is 19.4 Å². The van der Waals surface area contributed by atoms with Gasteiger partial charge in [0.05, 0.1) is 6.61 Å². The highest BCUT2D eigenvalue weighted by Crippen LogP contribution is 2.25. The Morgan fingerprint density at radius 2 is 1.92 bits per heavy atom. The molecule has 1 heterocycles. The maximum absolute atomic E-state index is 11.8. The van der Waals surface area contributed by atoms with E-state index in [1.807, 2.05) is 0 Å². The molecule has 1 saturated heterocycles. The standard InChI is InChI=1S/C4H5FO2.H3O4P/c5-3-1-2-7-4(3)6;1-5(2,3)4/h3H,1-2H2;(H3,1,2,3,4). The highest BCUT2D eigenvalue weighted by atomic mass is 31.2. The third kappa shape index (κ3) is 7.62. The Kier molecular flexibility index (Phi) is 4.33. The summed E-state index contributed by atoms with van der Waals surface area (Å²) in [6.07, 6.45) is -1.11. The molecule has 0 aromatic heterocycles. The van der Waals surface area contributed by atoms with Crippen molar-refractivity contribution in [3.05, 3.63) is 0 Å². The predicted molar refractivity (Wildman–Crippen MR) is 34.7 cm³/mol. The average molecular weight is 202 g/mol. The molecule has 1 atom stereocenters. The number of hydrogen-bond donors (Lipinski definition) is 3. The number of rotatable bonds is 0. The van der Waals surface area contributed by atoms with Crippen LogP contribution >= 0.6 is 7.82 Å². The second-order valence-electron chi connectivity index (χ2n) is 1.94. The van der Waals surface area contributed by atoms with Gasteiger partial charge in [0, 0.05) is 6.42 Å². The summed E-state index contributed by atoms with van der Waals surface area (Å²) in [5.74, 6) is -0.708. The number of esters is 1. The number of cyclic esters (lactones) is 1. The van der Waals surface area contributed by atoms with Gasteiger partial charge in [-0.25, -0.2) is 13.8 Å². The first-order chi connectivity index (χ1) is 5.30. The number of alkyl halides is 1. The van der Waals surface area contributed by atoms with Crippen LogP contribution in [-0.2, 0) is 14.1 Å². The van der Waals surface area contributed by atoms with Crippen molar-refractivity contribution in [3.8, 4) is 0 Å². The second-order valence-corrected chi connectivity index (χ2v) is 2.96. The van der Waals surface area contributed by atoms with E-state index in [0.29, 0.717) is 0 Å². The smallest absolute Gasteiger partial charge is 0.463 e. The largest absolute Gasteiger partial charge is 0.466 e. The van der Waals surface area contributed by atoms with Crippen LogP contribution in [0.3, 0.4) is 0 Å². The summed E-state index contributed by atoms with van der Waals surface area (Å²) in [5, 5.41) is 0. The lowest BCUT2D eigenvalue weighted by molar-refractivity contribution is -0.141. The van der Waals surface area contributed by atoms with Gasteiger partial charge in [-0.2, -0.15) is 0 Å². The zero-order valence-electron chi connectivity index (χ0n) is 5.88. The number of carbonyl (C=O) groups is 1. The van der Waals surface area contributed by atoms with Crippen molar-refractivity contribution in [2.45, 2.75) is 12.6 Å². The van der Waals surface area contributed by atoms with E-state index < -0.39 is 20.0 Å². The Morgan fingerprint density at radius 3 is 2.00 bits per heavy atom. The Hall–Kier alpha value is -0.490. The van der Waals surface area contributed by atoms with E-state index in [4.69, 9.17) is 19.2 Å². The number of phosphoric acid groups is 1. The van der Waals surface area contributed by atoms with Crippen LogP contribution in [-0.4, -0.2) is 33.4 Å². The lowest BCUT2D eigenvalue weighted by atomic mass is 10.3. The maximum atomic E-state index is 11.8. The van der Waals surface area contributed by atoms with Gasteiger partial charge in [-0.1, -0.05) is 0 Å². The lowest BCUT2D eigenvalue weighted by Crippen LogP contribution is -2.05. The fraction of sp³-hybridized carbons (Fsp3) is 0.750. The van der Waals surface area contributed by atoms with Crippen LogP contribution < -0.4 is 0 Å². The summed E-state index contributed by atoms with van der Waals surface area (Å²) in [7, 11) is -4.64. The molecular formula is C4H8FO6P. The summed E-state index contributed by atoms with van der Waals surface area (Å²) in [4.78, 5) is 31.5. The normalized spacial score (nSPS) is 22.7. The molecule has 0 aliphatic carbocycles. The fourth-order valence-electron chi connectivity index (χ4n) is 0.471. The molecule has 72 valence electrons. The van der Waals surface area contributed by atoms with Gasteiger partial charge in [-0.3, -0.25) is 0 Å². The van der Waals surface area contributed by atoms with E-state index in [1.165, 1.54) is 0 Å². The van der Waals surface area contributed by atoms with E-state index in [9.17, 15) is 9.18 Å². The molecule has 0 amide bonds. The van der Waals surface area contributed by atoms with E-state index in [2.05, 4.69) is 4.74 Å². The highest BCUT2D eigenvalue weighted by Gasteiger charge is 2.24. The van der Waals surface area contributed by atoms with Crippen molar-refractivity contribution in [2.24, 2.45) is 0 Å². The van der Waals surface area contributed by atoms with E-state index in [1.54, 1.807) is 0 Å². The molecule has 0 saturated carbocycles. The Balaban J connectivity index is 0.000000217. The van der Waals surface area contributed by atoms with E-state index in [-0.39, 0.29) is 13.0 Å². The summed E-state index contributed by atoms with van der Waals surface area (Å²) in [6, 6.07) is 0. The average Bonchev–Trinajstić information content (AvgIpc) is 2.12. The summed E-state index contributed by atoms with van der Waals surface area (Å²) in [5.41, 5.74) is 0. The first-order valence-electron chi connectivity index (χ1n) is 2.89. The van der Waals surface area contributed by atoms with E-state index in [0.717, 1.165) is 0 Å². The molecule has 0 aromatic rings. The number of carbonyl (C=O) groups excluding carboxylic acids is 1.